The molecule has 0 bridgehead atoms. The molecule has 0 N–H and O–H groups in total. The Morgan fingerprint density at radius 3 is 2.79 bits per heavy atom. The highest BCUT2D eigenvalue weighted by Gasteiger charge is 2.17. The summed E-state index contributed by atoms with van der Waals surface area (Å²) in [5.74, 6) is 1.12. The number of aromatic nitrogens is 2. The standard InChI is InChI=1S/C11H16N2O/c1-8(14)7-11-12-9-5-3-4-6-10(9)13(11)2/h3-7H2,1-2H3. The summed E-state index contributed by atoms with van der Waals surface area (Å²) in [7, 11) is 2.02. The van der Waals surface area contributed by atoms with Crippen molar-refractivity contribution in [2.24, 2.45) is 7.05 Å². The summed E-state index contributed by atoms with van der Waals surface area (Å²) in [6.45, 7) is 1.62. The normalized spacial score (nSPS) is 15.3. The first-order valence-corrected chi connectivity index (χ1v) is 5.21. The van der Waals surface area contributed by atoms with Crippen molar-refractivity contribution in [3.63, 3.8) is 0 Å². The van der Waals surface area contributed by atoms with E-state index < -0.39 is 0 Å². The van der Waals surface area contributed by atoms with E-state index in [0.29, 0.717) is 6.42 Å². The van der Waals surface area contributed by atoms with Gasteiger partial charge < -0.3 is 4.57 Å². The van der Waals surface area contributed by atoms with Gasteiger partial charge in [0.05, 0.1) is 12.1 Å². The monoisotopic (exact) mass is 192 g/mol. The van der Waals surface area contributed by atoms with E-state index in [1.165, 1.54) is 24.2 Å². The van der Waals surface area contributed by atoms with E-state index in [-0.39, 0.29) is 5.78 Å². The maximum atomic E-state index is 11.0. The Hall–Kier alpha value is -1.12. The second-order valence-electron chi connectivity index (χ2n) is 4.07. The molecule has 0 radical (unpaired) electrons. The first kappa shape index (κ1) is 9.44. The lowest BCUT2D eigenvalue weighted by Gasteiger charge is -2.11. The average molecular weight is 192 g/mol. The summed E-state index contributed by atoms with van der Waals surface area (Å²) in [4.78, 5) is 15.6. The van der Waals surface area contributed by atoms with Crippen LogP contribution in [0.3, 0.4) is 0 Å². The predicted molar refractivity (Wildman–Crippen MR) is 54.2 cm³/mol. The minimum absolute atomic E-state index is 0.190. The van der Waals surface area contributed by atoms with E-state index in [1.807, 2.05) is 7.05 Å². The van der Waals surface area contributed by atoms with Crippen LogP contribution >= 0.6 is 0 Å². The molecule has 0 spiro atoms. The molecule has 0 unspecified atom stereocenters. The second-order valence-corrected chi connectivity index (χ2v) is 4.07. The van der Waals surface area contributed by atoms with Crippen LogP contribution in [0.2, 0.25) is 0 Å². The van der Waals surface area contributed by atoms with Gasteiger partial charge in [0, 0.05) is 12.7 Å². The SMILES string of the molecule is CC(=O)Cc1nc2c(n1C)CCCC2. The van der Waals surface area contributed by atoms with Crippen molar-refractivity contribution in [3.8, 4) is 0 Å². The van der Waals surface area contributed by atoms with E-state index in [0.717, 1.165) is 18.7 Å². The molecule has 1 aromatic heterocycles. The van der Waals surface area contributed by atoms with Crippen LogP contribution in [-0.2, 0) is 31.1 Å². The number of hydrogen-bond acceptors (Lipinski definition) is 2. The van der Waals surface area contributed by atoms with Gasteiger partial charge in [-0.3, -0.25) is 4.79 Å². The van der Waals surface area contributed by atoms with Gasteiger partial charge in [-0.1, -0.05) is 0 Å². The highest BCUT2D eigenvalue weighted by atomic mass is 16.1. The Bertz CT molecular complexity index is 366. The lowest BCUT2D eigenvalue weighted by atomic mass is 10.0. The van der Waals surface area contributed by atoms with E-state index in [9.17, 15) is 4.79 Å². The Kier molecular flexibility index (Phi) is 2.40. The van der Waals surface area contributed by atoms with Crippen LogP contribution in [0, 0.1) is 0 Å². The zero-order valence-electron chi connectivity index (χ0n) is 8.84. The third-order valence-corrected chi connectivity index (χ3v) is 2.87. The van der Waals surface area contributed by atoms with Crippen LogP contribution in [0.5, 0.6) is 0 Å². The molecule has 2 rings (SSSR count). The summed E-state index contributed by atoms with van der Waals surface area (Å²) in [5, 5.41) is 0. The topological polar surface area (TPSA) is 34.9 Å². The number of carbonyl (C=O) groups is 1. The van der Waals surface area contributed by atoms with Gasteiger partial charge in [0.2, 0.25) is 0 Å². The quantitative estimate of drug-likeness (QED) is 0.710. The van der Waals surface area contributed by atoms with Crippen molar-refractivity contribution in [3.05, 3.63) is 17.2 Å². The molecule has 0 saturated heterocycles. The molecule has 1 aromatic rings. The molecule has 14 heavy (non-hydrogen) atoms. The molecule has 0 aromatic carbocycles. The Morgan fingerprint density at radius 1 is 1.43 bits per heavy atom. The number of fused-ring (bicyclic) bond motifs is 1. The smallest absolute Gasteiger partial charge is 0.137 e. The molecule has 0 amide bonds. The molecule has 3 heteroatoms. The van der Waals surface area contributed by atoms with Crippen molar-refractivity contribution in [2.45, 2.75) is 39.0 Å². The number of ketones is 1. The maximum Gasteiger partial charge on any atom is 0.137 e. The number of hydrogen-bond donors (Lipinski definition) is 0. The zero-order valence-corrected chi connectivity index (χ0v) is 8.84. The molecular weight excluding hydrogens is 176 g/mol. The Morgan fingerprint density at radius 2 is 2.14 bits per heavy atom. The number of imidazole rings is 1. The van der Waals surface area contributed by atoms with Gasteiger partial charge >= 0.3 is 0 Å². The Labute approximate surface area is 84.1 Å². The van der Waals surface area contributed by atoms with Crippen LogP contribution in [0.25, 0.3) is 0 Å². The van der Waals surface area contributed by atoms with Crippen molar-refractivity contribution in [1.82, 2.24) is 9.55 Å². The molecule has 0 fully saturated rings. The van der Waals surface area contributed by atoms with Gasteiger partial charge in [0.25, 0.3) is 0 Å². The first-order chi connectivity index (χ1) is 6.68. The lowest BCUT2D eigenvalue weighted by molar-refractivity contribution is -0.116. The van der Waals surface area contributed by atoms with Gasteiger partial charge in [-0.25, -0.2) is 4.98 Å². The molecule has 76 valence electrons. The third-order valence-electron chi connectivity index (χ3n) is 2.87. The first-order valence-electron chi connectivity index (χ1n) is 5.21. The molecule has 0 atom stereocenters. The van der Waals surface area contributed by atoms with E-state index in [2.05, 4.69) is 9.55 Å². The van der Waals surface area contributed by atoms with E-state index in [4.69, 9.17) is 0 Å². The Balaban J connectivity index is 2.33. The minimum Gasteiger partial charge on any atom is -0.334 e. The predicted octanol–water partition coefficient (Wildman–Crippen LogP) is 1.43. The summed E-state index contributed by atoms with van der Waals surface area (Å²) >= 11 is 0. The molecule has 1 aliphatic rings. The van der Waals surface area contributed by atoms with E-state index >= 15 is 0 Å². The number of Topliss-reactive ketones (excluding diaryl/α,β-unsaturated/α-hetero) is 1. The molecule has 0 saturated carbocycles. The van der Waals surface area contributed by atoms with Gasteiger partial charge in [-0.2, -0.15) is 0 Å². The van der Waals surface area contributed by atoms with Crippen LogP contribution in [0.1, 0.15) is 37.0 Å². The zero-order chi connectivity index (χ0) is 10.1. The van der Waals surface area contributed by atoms with Gasteiger partial charge in [-0.05, 0) is 32.6 Å². The fraction of sp³-hybridized carbons (Fsp3) is 0.636. The highest BCUT2D eigenvalue weighted by Crippen LogP contribution is 2.21. The molecular formula is C11H16N2O. The van der Waals surface area contributed by atoms with E-state index in [1.54, 1.807) is 6.92 Å². The van der Waals surface area contributed by atoms with Crippen molar-refractivity contribution < 1.29 is 4.79 Å². The second kappa shape index (κ2) is 3.56. The fourth-order valence-electron chi connectivity index (χ4n) is 2.12. The summed E-state index contributed by atoms with van der Waals surface area (Å²) in [6.07, 6.45) is 5.18. The van der Waals surface area contributed by atoms with Crippen molar-refractivity contribution in [2.75, 3.05) is 0 Å². The molecule has 0 aliphatic heterocycles. The van der Waals surface area contributed by atoms with Crippen LogP contribution in [0.4, 0.5) is 0 Å². The minimum atomic E-state index is 0.190. The van der Waals surface area contributed by atoms with Crippen LogP contribution < -0.4 is 0 Å². The molecule has 3 nitrogen and oxygen atoms in total. The highest BCUT2D eigenvalue weighted by molar-refractivity contribution is 5.77. The number of rotatable bonds is 2. The van der Waals surface area contributed by atoms with Gasteiger partial charge in [-0.15, -0.1) is 0 Å². The van der Waals surface area contributed by atoms with Gasteiger partial charge in [0.15, 0.2) is 0 Å². The van der Waals surface area contributed by atoms with Crippen molar-refractivity contribution in [1.29, 1.82) is 0 Å². The largest absolute Gasteiger partial charge is 0.334 e. The molecule has 1 heterocycles. The molecule has 1 aliphatic carbocycles. The lowest BCUT2D eigenvalue weighted by Crippen LogP contribution is -2.08. The number of aryl methyl sites for hydroxylation is 1. The van der Waals surface area contributed by atoms with Crippen LogP contribution in [0.15, 0.2) is 0 Å². The summed E-state index contributed by atoms with van der Waals surface area (Å²) < 4.78 is 2.11. The maximum absolute atomic E-state index is 11.0. The third kappa shape index (κ3) is 1.59. The summed E-state index contributed by atoms with van der Waals surface area (Å²) in [6, 6.07) is 0. The van der Waals surface area contributed by atoms with Crippen molar-refractivity contribution >= 4 is 5.78 Å². The van der Waals surface area contributed by atoms with Crippen LogP contribution in [-0.4, -0.2) is 15.3 Å². The summed E-state index contributed by atoms with van der Waals surface area (Å²) in [5.41, 5.74) is 2.56. The van der Waals surface area contributed by atoms with Gasteiger partial charge in [0.1, 0.15) is 11.6 Å². The average Bonchev–Trinajstić information content (AvgIpc) is 2.44. The number of nitrogens with zero attached hydrogens (tertiary/aromatic N) is 2. The number of carbonyl (C=O) groups excluding carboxylic acids is 1. The fourth-order valence-corrected chi connectivity index (χ4v) is 2.12.